The number of nitrogens with one attached hydrogen (secondary N) is 1. The first-order valence-electron chi connectivity index (χ1n) is 8.42. The first-order chi connectivity index (χ1) is 11.6. The summed E-state index contributed by atoms with van der Waals surface area (Å²) in [6, 6.07) is 5.87. The molecule has 7 heteroatoms. The first-order valence-corrected chi connectivity index (χ1v) is 8.42. The Labute approximate surface area is 146 Å². The number of amides is 1. The Morgan fingerprint density at radius 2 is 2.04 bits per heavy atom. The van der Waals surface area contributed by atoms with Crippen LogP contribution in [0.4, 0.5) is 13.2 Å². The highest BCUT2D eigenvalue weighted by molar-refractivity contribution is 5.78. The van der Waals surface area contributed by atoms with Gasteiger partial charge in [0, 0.05) is 12.0 Å². The molecule has 1 N–H and O–H groups in total. The van der Waals surface area contributed by atoms with Crippen LogP contribution in [0.25, 0.3) is 0 Å². The van der Waals surface area contributed by atoms with Crippen LogP contribution in [0.15, 0.2) is 24.3 Å². The summed E-state index contributed by atoms with van der Waals surface area (Å²) < 4.78 is 45.6. The number of aryl methyl sites for hydroxylation is 1. The second-order valence-corrected chi connectivity index (χ2v) is 7.05. The number of ether oxygens (including phenoxy) is 1. The Morgan fingerprint density at radius 3 is 2.60 bits per heavy atom. The number of rotatable bonds is 7. The molecular weight excluding hydrogens is 333 g/mol. The number of hydrogen-bond acceptors (Lipinski definition) is 3. The van der Waals surface area contributed by atoms with Crippen molar-refractivity contribution < 1.29 is 22.7 Å². The van der Waals surface area contributed by atoms with Crippen molar-refractivity contribution in [1.82, 2.24) is 10.4 Å². The van der Waals surface area contributed by atoms with E-state index >= 15 is 0 Å². The molecule has 1 atom stereocenters. The monoisotopic (exact) mass is 358 g/mol. The summed E-state index contributed by atoms with van der Waals surface area (Å²) in [5.41, 5.74) is 2.58. The Morgan fingerprint density at radius 1 is 1.32 bits per heavy atom. The summed E-state index contributed by atoms with van der Waals surface area (Å²) in [6.45, 7) is 3.31. The fourth-order valence-electron chi connectivity index (χ4n) is 3.24. The summed E-state index contributed by atoms with van der Waals surface area (Å²) in [4.78, 5) is 11.5. The number of nitrogens with zero attached hydrogens (tertiary/aromatic N) is 1. The van der Waals surface area contributed by atoms with Crippen molar-refractivity contribution in [3.63, 3.8) is 0 Å². The van der Waals surface area contributed by atoms with Gasteiger partial charge in [-0.3, -0.25) is 10.2 Å². The van der Waals surface area contributed by atoms with Gasteiger partial charge in [-0.05, 0) is 50.8 Å². The number of methoxy groups -OCH3 is 1. The molecule has 0 aliphatic carbocycles. The molecule has 0 spiro atoms. The molecule has 1 fully saturated rings. The summed E-state index contributed by atoms with van der Waals surface area (Å²) in [6.07, 6.45) is -2.60. The van der Waals surface area contributed by atoms with Gasteiger partial charge in [-0.2, -0.15) is 13.2 Å². The molecule has 1 aliphatic heterocycles. The van der Waals surface area contributed by atoms with E-state index in [1.54, 1.807) is 21.0 Å². The third-order valence-corrected chi connectivity index (χ3v) is 4.51. The van der Waals surface area contributed by atoms with Crippen molar-refractivity contribution in [3.05, 3.63) is 29.8 Å². The Bertz CT molecular complexity index is 602. The van der Waals surface area contributed by atoms with Crippen molar-refractivity contribution >= 4 is 5.91 Å². The second-order valence-electron chi connectivity index (χ2n) is 7.05. The summed E-state index contributed by atoms with van der Waals surface area (Å²) in [7, 11) is 1.58. The van der Waals surface area contributed by atoms with E-state index in [0.717, 1.165) is 16.3 Å². The predicted octanol–water partition coefficient (Wildman–Crippen LogP) is 3.85. The van der Waals surface area contributed by atoms with Gasteiger partial charge < -0.3 is 4.74 Å². The van der Waals surface area contributed by atoms with Gasteiger partial charge in [0.15, 0.2) is 0 Å². The van der Waals surface area contributed by atoms with Crippen molar-refractivity contribution in [2.75, 3.05) is 7.11 Å². The van der Waals surface area contributed by atoms with E-state index in [-0.39, 0.29) is 18.7 Å². The highest BCUT2D eigenvalue weighted by Crippen LogP contribution is 2.35. The number of unbranched alkanes of at least 4 members (excludes halogenated alkanes) is 1. The average Bonchev–Trinajstić information content (AvgIpc) is 2.78. The average molecular weight is 358 g/mol. The number of benzene rings is 1. The predicted molar refractivity (Wildman–Crippen MR) is 89.1 cm³/mol. The van der Waals surface area contributed by atoms with Crippen LogP contribution < -0.4 is 10.2 Å². The zero-order valence-corrected chi connectivity index (χ0v) is 14.8. The third-order valence-electron chi connectivity index (χ3n) is 4.51. The molecule has 1 unspecified atom stereocenters. The van der Waals surface area contributed by atoms with Crippen LogP contribution in [0.5, 0.6) is 5.75 Å². The van der Waals surface area contributed by atoms with E-state index in [1.807, 2.05) is 24.3 Å². The fraction of sp³-hybridized carbons (Fsp3) is 0.611. The number of halogens is 3. The minimum absolute atomic E-state index is 0.0445. The lowest BCUT2D eigenvalue weighted by Crippen LogP contribution is -2.56. The number of alkyl halides is 3. The molecule has 0 radical (unpaired) electrons. The Kier molecular flexibility index (Phi) is 5.98. The summed E-state index contributed by atoms with van der Waals surface area (Å²) in [5, 5.41) is 1.08. The molecule has 140 valence electrons. The van der Waals surface area contributed by atoms with Gasteiger partial charge in [-0.1, -0.05) is 18.6 Å². The van der Waals surface area contributed by atoms with Crippen LogP contribution in [-0.4, -0.2) is 35.8 Å². The molecule has 1 aliphatic rings. The third kappa shape index (κ3) is 5.11. The molecular formula is C18H25F3N2O2. The maximum Gasteiger partial charge on any atom is 0.405 e. The molecule has 0 aromatic heterocycles. The van der Waals surface area contributed by atoms with Gasteiger partial charge in [-0.25, -0.2) is 5.01 Å². The fourth-order valence-corrected chi connectivity index (χ4v) is 3.24. The van der Waals surface area contributed by atoms with Crippen LogP contribution in [0, 0.1) is 0 Å². The lowest BCUT2D eigenvalue weighted by atomic mass is 9.97. The molecule has 2 rings (SSSR count). The molecule has 1 amide bonds. The minimum atomic E-state index is -4.38. The van der Waals surface area contributed by atoms with Crippen LogP contribution >= 0.6 is 0 Å². The quantitative estimate of drug-likeness (QED) is 0.753. The maximum atomic E-state index is 13.5. The van der Waals surface area contributed by atoms with E-state index in [4.69, 9.17) is 4.74 Å². The molecule has 1 heterocycles. The standard InChI is InChI=1S/C18H25F3N2O2/c1-17(2)12-16(24)22-23(17)15(18(19,20)21)10-5-4-7-13-8-6-9-14(11-13)25-3/h6,8-9,11,15H,4-5,7,10,12H2,1-3H3,(H,22,24). The summed E-state index contributed by atoms with van der Waals surface area (Å²) in [5.74, 6) is 0.378. The Hall–Kier alpha value is -1.76. The molecule has 1 aromatic rings. The molecule has 1 saturated heterocycles. The van der Waals surface area contributed by atoms with E-state index in [9.17, 15) is 18.0 Å². The number of hydrazine groups is 1. The highest BCUT2D eigenvalue weighted by Gasteiger charge is 2.51. The van der Waals surface area contributed by atoms with Crippen LogP contribution in [0.2, 0.25) is 0 Å². The van der Waals surface area contributed by atoms with E-state index in [2.05, 4.69) is 5.43 Å². The van der Waals surface area contributed by atoms with Gasteiger partial charge in [-0.15, -0.1) is 0 Å². The highest BCUT2D eigenvalue weighted by atomic mass is 19.4. The molecule has 0 bridgehead atoms. The molecule has 1 aromatic carbocycles. The zero-order chi connectivity index (χ0) is 18.7. The van der Waals surface area contributed by atoms with Crippen LogP contribution in [0.1, 0.15) is 45.1 Å². The van der Waals surface area contributed by atoms with E-state index in [1.165, 1.54) is 0 Å². The zero-order valence-electron chi connectivity index (χ0n) is 14.8. The van der Waals surface area contributed by atoms with Gasteiger partial charge in [0.25, 0.3) is 0 Å². The smallest absolute Gasteiger partial charge is 0.405 e. The number of carbonyl (C=O) groups is 1. The Balaban J connectivity index is 1.94. The van der Waals surface area contributed by atoms with Crippen molar-refractivity contribution in [1.29, 1.82) is 0 Å². The van der Waals surface area contributed by atoms with Gasteiger partial charge >= 0.3 is 6.18 Å². The second kappa shape index (κ2) is 7.64. The number of carbonyl (C=O) groups excluding carboxylic acids is 1. The van der Waals surface area contributed by atoms with Crippen LogP contribution in [0.3, 0.4) is 0 Å². The van der Waals surface area contributed by atoms with E-state index in [0.29, 0.717) is 19.3 Å². The summed E-state index contributed by atoms with van der Waals surface area (Å²) >= 11 is 0. The molecule has 25 heavy (non-hydrogen) atoms. The molecule has 4 nitrogen and oxygen atoms in total. The van der Waals surface area contributed by atoms with Crippen LogP contribution in [-0.2, 0) is 11.2 Å². The normalized spacial score (nSPS) is 18.9. The van der Waals surface area contributed by atoms with E-state index < -0.39 is 17.8 Å². The maximum absolute atomic E-state index is 13.5. The van der Waals surface area contributed by atoms with Crippen molar-refractivity contribution in [2.24, 2.45) is 0 Å². The number of hydrogen-bond donors (Lipinski definition) is 1. The van der Waals surface area contributed by atoms with Gasteiger partial charge in [0.05, 0.1) is 7.11 Å². The minimum Gasteiger partial charge on any atom is -0.497 e. The van der Waals surface area contributed by atoms with Crippen molar-refractivity contribution in [2.45, 2.75) is 63.7 Å². The largest absolute Gasteiger partial charge is 0.497 e. The topological polar surface area (TPSA) is 41.6 Å². The lowest BCUT2D eigenvalue weighted by molar-refractivity contribution is -0.202. The molecule has 0 saturated carbocycles. The van der Waals surface area contributed by atoms with Gasteiger partial charge in [0.2, 0.25) is 5.91 Å². The SMILES string of the molecule is COc1cccc(CCCCC(N2NC(=O)CC2(C)C)C(F)(F)F)c1. The lowest BCUT2D eigenvalue weighted by Gasteiger charge is -2.37. The first kappa shape index (κ1) is 19.6. The van der Waals surface area contributed by atoms with Crippen molar-refractivity contribution in [3.8, 4) is 5.75 Å². The van der Waals surface area contributed by atoms with Gasteiger partial charge in [0.1, 0.15) is 11.8 Å².